The molecule has 0 amide bonds. The lowest BCUT2D eigenvalue weighted by Crippen LogP contribution is -2.36. The van der Waals surface area contributed by atoms with Gasteiger partial charge >= 0.3 is 5.97 Å². The van der Waals surface area contributed by atoms with Crippen LogP contribution in [0.4, 0.5) is 0 Å². The van der Waals surface area contributed by atoms with Crippen molar-refractivity contribution >= 4 is 11.5 Å². The highest BCUT2D eigenvalue weighted by Gasteiger charge is 2.49. The van der Waals surface area contributed by atoms with Gasteiger partial charge in [-0.3, -0.25) is 4.79 Å². The molecule has 3 atom stereocenters. The molecule has 1 aromatic carbocycles. The second-order valence-corrected chi connectivity index (χ2v) is 8.17. The van der Waals surface area contributed by atoms with E-state index >= 15 is 0 Å². The number of esters is 1. The van der Waals surface area contributed by atoms with Gasteiger partial charge in [-0.2, -0.15) is 0 Å². The van der Waals surface area contributed by atoms with E-state index in [4.69, 9.17) is 9.47 Å². The minimum absolute atomic E-state index is 0.0546. The summed E-state index contributed by atoms with van der Waals surface area (Å²) in [6.07, 6.45) is 7.75. The molecule has 3 aliphatic carbocycles. The van der Waals surface area contributed by atoms with Crippen LogP contribution in [-0.2, 0) is 16.0 Å². The van der Waals surface area contributed by atoms with Crippen LogP contribution in [0.15, 0.2) is 35.4 Å². The molecule has 4 rings (SSSR count). The Kier molecular flexibility index (Phi) is 4.21. The van der Waals surface area contributed by atoms with Crippen LogP contribution in [0.2, 0.25) is 0 Å². The highest BCUT2D eigenvalue weighted by molar-refractivity contribution is 5.80. The molecule has 138 valence electrons. The summed E-state index contributed by atoms with van der Waals surface area (Å²) in [5, 5.41) is 0. The lowest BCUT2D eigenvalue weighted by atomic mass is 9.60. The molecule has 0 unspecified atom stereocenters. The third-order valence-electron chi connectivity index (χ3n) is 7.05. The van der Waals surface area contributed by atoms with E-state index in [1.807, 2.05) is 6.92 Å². The average Bonchev–Trinajstić information content (AvgIpc) is 3.03. The number of methoxy groups -OCH3 is 2. The first kappa shape index (κ1) is 17.4. The molecule has 3 nitrogen and oxygen atoms in total. The summed E-state index contributed by atoms with van der Waals surface area (Å²) in [5.41, 5.74) is 7.46. The Hall–Kier alpha value is -2.03. The lowest BCUT2D eigenvalue weighted by molar-refractivity contribution is -0.148. The van der Waals surface area contributed by atoms with Gasteiger partial charge in [0.25, 0.3) is 0 Å². The molecular formula is C23H28O3. The van der Waals surface area contributed by atoms with E-state index in [1.165, 1.54) is 35.0 Å². The van der Waals surface area contributed by atoms with Crippen molar-refractivity contribution in [3.8, 4) is 5.75 Å². The van der Waals surface area contributed by atoms with Gasteiger partial charge in [-0.25, -0.2) is 0 Å². The first-order chi connectivity index (χ1) is 12.5. The minimum atomic E-state index is -0.0771. The number of allylic oxidation sites excluding steroid dienone is 4. The number of hydrogen-bond acceptors (Lipinski definition) is 3. The number of carbonyl (C=O) groups excluding carboxylic acids is 1. The highest BCUT2D eigenvalue weighted by atomic mass is 16.5. The van der Waals surface area contributed by atoms with Gasteiger partial charge in [0.05, 0.1) is 20.1 Å². The van der Waals surface area contributed by atoms with Crippen LogP contribution in [0.25, 0.3) is 5.57 Å². The average molecular weight is 352 g/mol. The summed E-state index contributed by atoms with van der Waals surface area (Å²) in [6, 6.07) is 6.50. The predicted octanol–water partition coefficient (Wildman–Crippen LogP) is 4.95. The SMILES string of the molecule is COC(=O)[C@H](C)[C@@H]1CC=C2C3=C(CC[C@]21C)c1ccc(OC)cc1CC3. The van der Waals surface area contributed by atoms with Crippen LogP contribution in [0.1, 0.15) is 50.7 Å². The molecule has 0 spiro atoms. The van der Waals surface area contributed by atoms with Crippen molar-refractivity contribution in [1.82, 2.24) is 0 Å². The molecule has 0 saturated carbocycles. The normalized spacial score (nSPS) is 27.8. The van der Waals surface area contributed by atoms with Gasteiger partial charge in [-0.05, 0) is 83.4 Å². The summed E-state index contributed by atoms with van der Waals surface area (Å²) in [5.74, 6) is 1.16. The van der Waals surface area contributed by atoms with Crippen LogP contribution in [0.5, 0.6) is 5.75 Å². The van der Waals surface area contributed by atoms with Crippen LogP contribution < -0.4 is 4.74 Å². The number of fused-ring (bicyclic) bond motifs is 4. The Morgan fingerprint density at radius 3 is 2.73 bits per heavy atom. The second kappa shape index (κ2) is 6.29. The fourth-order valence-corrected chi connectivity index (χ4v) is 5.57. The molecule has 0 radical (unpaired) electrons. The topological polar surface area (TPSA) is 35.5 Å². The summed E-state index contributed by atoms with van der Waals surface area (Å²) in [7, 11) is 3.23. The van der Waals surface area contributed by atoms with Crippen molar-refractivity contribution in [3.63, 3.8) is 0 Å². The third kappa shape index (κ3) is 2.44. The van der Waals surface area contributed by atoms with Crippen molar-refractivity contribution in [3.05, 3.63) is 46.5 Å². The fraction of sp³-hybridized carbons (Fsp3) is 0.522. The van der Waals surface area contributed by atoms with E-state index in [-0.39, 0.29) is 17.3 Å². The third-order valence-corrected chi connectivity index (χ3v) is 7.05. The molecular weight excluding hydrogens is 324 g/mol. The van der Waals surface area contributed by atoms with Crippen molar-refractivity contribution in [2.45, 2.75) is 46.0 Å². The van der Waals surface area contributed by atoms with Crippen LogP contribution in [0, 0.1) is 17.3 Å². The standard InChI is InChI=1S/C23H28O3/c1-14(22(24)26-4)20-9-10-21-19-7-5-15-13-16(25-3)6-8-17(15)18(19)11-12-23(20,21)2/h6,8,10,13-14,20H,5,7,9,11-12H2,1-4H3/t14-,20+,23+/m1/s1. The molecule has 0 aliphatic heterocycles. The lowest BCUT2D eigenvalue weighted by Gasteiger charge is -2.43. The molecule has 0 heterocycles. The maximum Gasteiger partial charge on any atom is 0.308 e. The molecule has 0 N–H and O–H groups in total. The van der Waals surface area contributed by atoms with Gasteiger partial charge in [0.15, 0.2) is 0 Å². The number of carbonyl (C=O) groups is 1. The van der Waals surface area contributed by atoms with Gasteiger partial charge in [0.2, 0.25) is 0 Å². The van der Waals surface area contributed by atoms with Crippen molar-refractivity contribution in [2.24, 2.45) is 17.3 Å². The monoisotopic (exact) mass is 352 g/mol. The molecule has 1 aromatic rings. The number of ether oxygens (including phenoxy) is 2. The van der Waals surface area contributed by atoms with Crippen molar-refractivity contribution in [1.29, 1.82) is 0 Å². The Morgan fingerprint density at radius 1 is 1.19 bits per heavy atom. The van der Waals surface area contributed by atoms with Crippen LogP contribution in [-0.4, -0.2) is 20.2 Å². The first-order valence-corrected chi connectivity index (χ1v) is 9.67. The van der Waals surface area contributed by atoms with Gasteiger partial charge in [-0.1, -0.05) is 26.0 Å². The van der Waals surface area contributed by atoms with E-state index in [0.29, 0.717) is 5.92 Å². The highest BCUT2D eigenvalue weighted by Crippen LogP contribution is 2.59. The molecule has 3 aliphatic rings. The molecule has 0 saturated heterocycles. The predicted molar refractivity (Wildman–Crippen MR) is 103 cm³/mol. The van der Waals surface area contributed by atoms with Gasteiger partial charge in [-0.15, -0.1) is 0 Å². The number of benzene rings is 1. The van der Waals surface area contributed by atoms with Gasteiger partial charge < -0.3 is 9.47 Å². The Bertz CT molecular complexity index is 817. The molecule has 0 fully saturated rings. The van der Waals surface area contributed by atoms with E-state index in [0.717, 1.165) is 37.9 Å². The van der Waals surface area contributed by atoms with E-state index < -0.39 is 0 Å². The van der Waals surface area contributed by atoms with E-state index in [9.17, 15) is 4.79 Å². The molecule has 0 aromatic heterocycles. The quantitative estimate of drug-likeness (QED) is 0.722. The van der Waals surface area contributed by atoms with Crippen LogP contribution in [0.3, 0.4) is 0 Å². The Balaban J connectivity index is 1.71. The number of hydrogen-bond donors (Lipinski definition) is 0. The zero-order chi connectivity index (χ0) is 18.5. The largest absolute Gasteiger partial charge is 0.497 e. The number of rotatable bonds is 3. The smallest absolute Gasteiger partial charge is 0.308 e. The second-order valence-electron chi connectivity index (χ2n) is 8.17. The zero-order valence-corrected chi connectivity index (χ0v) is 16.2. The number of aryl methyl sites for hydroxylation is 1. The Morgan fingerprint density at radius 2 is 2.00 bits per heavy atom. The fourth-order valence-electron chi connectivity index (χ4n) is 5.57. The van der Waals surface area contributed by atoms with Crippen molar-refractivity contribution in [2.75, 3.05) is 14.2 Å². The zero-order valence-electron chi connectivity index (χ0n) is 16.2. The summed E-state index contributed by atoms with van der Waals surface area (Å²) in [6.45, 7) is 4.40. The van der Waals surface area contributed by atoms with E-state index in [1.54, 1.807) is 7.11 Å². The maximum atomic E-state index is 12.2. The summed E-state index contributed by atoms with van der Waals surface area (Å²) >= 11 is 0. The molecule has 3 heteroatoms. The maximum absolute atomic E-state index is 12.2. The summed E-state index contributed by atoms with van der Waals surface area (Å²) < 4.78 is 10.4. The van der Waals surface area contributed by atoms with Gasteiger partial charge in [0.1, 0.15) is 5.75 Å². The minimum Gasteiger partial charge on any atom is -0.497 e. The first-order valence-electron chi connectivity index (χ1n) is 9.67. The Labute approximate surface area is 156 Å². The van der Waals surface area contributed by atoms with E-state index in [2.05, 4.69) is 31.2 Å². The molecule has 26 heavy (non-hydrogen) atoms. The van der Waals surface area contributed by atoms with Gasteiger partial charge in [0, 0.05) is 0 Å². The van der Waals surface area contributed by atoms with Crippen LogP contribution >= 0.6 is 0 Å². The molecule has 0 bridgehead atoms. The summed E-state index contributed by atoms with van der Waals surface area (Å²) in [4.78, 5) is 12.2. The van der Waals surface area contributed by atoms with Crippen molar-refractivity contribution < 1.29 is 14.3 Å².